The van der Waals surface area contributed by atoms with E-state index in [0.29, 0.717) is 44.9 Å². The molecule has 5 rings (SSSR count). The smallest absolute Gasteiger partial charge is 0.309 e. The van der Waals surface area contributed by atoms with Gasteiger partial charge >= 0.3 is 11.9 Å². The Kier molecular flexibility index (Phi) is 5.38. The van der Waals surface area contributed by atoms with Gasteiger partial charge in [-0.2, -0.15) is 8.42 Å². The van der Waals surface area contributed by atoms with Crippen molar-refractivity contribution in [3.8, 4) is 0 Å². The molecule has 8 atom stereocenters. The molecule has 1 aliphatic heterocycles. The molecular formula is C25H34O8S. The number of hydrogen-bond acceptors (Lipinski definition) is 8. The molecule has 1 heterocycles. The van der Waals surface area contributed by atoms with E-state index in [1.165, 1.54) is 7.11 Å². The number of allylic oxidation sites excluding steroid dienone is 1. The number of methoxy groups -OCH3 is 1. The van der Waals surface area contributed by atoms with Gasteiger partial charge in [0.25, 0.3) is 10.1 Å². The number of ether oxygens (including phenoxy) is 2. The van der Waals surface area contributed by atoms with Crippen LogP contribution in [0.5, 0.6) is 0 Å². The van der Waals surface area contributed by atoms with E-state index in [4.69, 9.17) is 13.7 Å². The molecule has 0 aromatic rings. The van der Waals surface area contributed by atoms with Crippen molar-refractivity contribution in [3.05, 3.63) is 11.6 Å². The van der Waals surface area contributed by atoms with E-state index in [9.17, 15) is 22.8 Å². The standard InChI is InChI=1S/C25H34O8S/c1-23-8-5-15(26)11-14(23)12-16(22(28)31-3)20-17-6-9-25(10-7-19(27)32-25)24(17,2)13-18(21(20)23)33-34(4,29)30/h11,16-18,20-21H,5-10,12-13H2,1-4H3/t16?,17?,18-,20?,21?,23?,24?,25?/m1/s1. The van der Waals surface area contributed by atoms with Crippen LogP contribution in [0.4, 0.5) is 0 Å². The molecule has 0 radical (unpaired) electrons. The van der Waals surface area contributed by atoms with Crippen molar-refractivity contribution in [2.24, 2.45) is 34.5 Å². The first-order valence-electron chi connectivity index (χ1n) is 12.3. The van der Waals surface area contributed by atoms with Crippen LogP contribution in [0, 0.1) is 34.5 Å². The zero-order chi connectivity index (χ0) is 24.7. The lowest BCUT2D eigenvalue weighted by Gasteiger charge is -2.62. The molecule has 4 fully saturated rings. The molecule has 3 saturated carbocycles. The summed E-state index contributed by atoms with van der Waals surface area (Å²) in [5, 5.41) is 0. The van der Waals surface area contributed by atoms with Gasteiger partial charge in [0.1, 0.15) is 5.60 Å². The van der Waals surface area contributed by atoms with Crippen LogP contribution in [-0.2, 0) is 38.2 Å². The maximum Gasteiger partial charge on any atom is 0.309 e. The maximum absolute atomic E-state index is 13.2. The molecule has 0 N–H and O–H groups in total. The average Bonchev–Trinajstić information content (AvgIpc) is 3.26. The molecule has 1 saturated heterocycles. The van der Waals surface area contributed by atoms with E-state index >= 15 is 0 Å². The third-order valence-electron chi connectivity index (χ3n) is 10.1. The average molecular weight is 495 g/mol. The maximum atomic E-state index is 13.2. The first-order valence-corrected chi connectivity index (χ1v) is 14.1. The highest BCUT2D eigenvalue weighted by Crippen LogP contribution is 2.71. The van der Waals surface area contributed by atoms with Crippen LogP contribution in [0.2, 0.25) is 0 Å². The van der Waals surface area contributed by atoms with Crippen molar-refractivity contribution in [1.82, 2.24) is 0 Å². The lowest BCUT2D eigenvalue weighted by atomic mass is 9.43. The summed E-state index contributed by atoms with van der Waals surface area (Å²) in [6, 6.07) is 0. The molecule has 34 heavy (non-hydrogen) atoms. The molecule has 9 heteroatoms. The highest BCUT2D eigenvalue weighted by atomic mass is 32.2. The number of rotatable bonds is 3. The largest absolute Gasteiger partial charge is 0.469 e. The summed E-state index contributed by atoms with van der Waals surface area (Å²) in [7, 11) is -2.44. The topological polar surface area (TPSA) is 113 Å². The van der Waals surface area contributed by atoms with E-state index in [1.54, 1.807) is 6.08 Å². The van der Waals surface area contributed by atoms with Gasteiger partial charge in [-0.25, -0.2) is 0 Å². The van der Waals surface area contributed by atoms with Crippen LogP contribution in [0.1, 0.15) is 65.2 Å². The minimum Gasteiger partial charge on any atom is -0.469 e. The fraction of sp³-hybridized carbons (Fsp3) is 0.800. The molecule has 1 spiro atoms. The molecule has 188 valence electrons. The molecule has 0 amide bonds. The number of fused-ring (bicyclic) bond motifs is 6. The summed E-state index contributed by atoms with van der Waals surface area (Å²) in [6.07, 6.45) is 6.29. The molecule has 0 aromatic carbocycles. The van der Waals surface area contributed by atoms with Gasteiger partial charge in [0.2, 0.25) is 0 Å². The van der Waals surface area contributed by atoms with E-state index in [2.05, 4.69) is 13.8 Å². The second-order valence-electron chi connectivity index (χ2n) is 11.6. The summed E-state index contributed by atoms with van der Waals surface area (Å²) < 4.78 is 42.0. The second-order valence-corrected chi connectivity index (χ2v) is 13.2. The number of carbonyl (C=O) groups excluding carboxylic acids is 3. The van der Waals surface area contributed by atoms with Crippen LogP contribution in [0.15, 0.2) is 11.6 Å². The monoisotopic (exact) mass is 494 g/mol. The quantitative estimate of drug-likeness (QED) is 0.435. The summed E-state index contributed by atoms with van der Waals surface area (Å²) in [6.45, 7) is 4.18. The predicted molar refractivity (Wildman–Crippen MR) is 121 cm³/mol. The van der Waals surface area contributed by atoms with Gasteiger partial charge in [-0.3, -0.25) is 18.6 Å². The second kappa shape index (κ2) is 7.63. The summed E-state index contributed by atoms with van der Waals surface area (Å²) >= 11 is 0. The molecule has 7 unspecified atom stereocenters. The van der Waals surface area contributed by atoms with Gasteiger partial charge in [-0.05, 0) is 67.8 Å². The van der Waals surface area contributed by atoms with Crippen molar-refractivity contribution in [1.29, 1.82) is 0 Å². The molecule has 0 bridgehead atoms. The fourth-order valence-electron chi connectivity index (χ4n) is 8.63. The Hall–Kier alpha value is -1.74. The first kappa shape index (κ1) is 24.0. The van der Waals surface area contributed by atoms with E-state index in [0.717, 1.165) is 18.2 Å². The van der Waals surface area contributed by atoms with Crippen LogP contribution < -0.4 is 0 Å². The summed E-state index contributed by atoms with van der Waals surface area (Å²) in [4.78, 5) is 37.7. The van der Waals surface area contributed by atoms with Gasteiger partial charge in [0, 0.05) is 18.3 Å². The Labute approximate surface area is 200 Å². The third-order valence-corrected chi connectivity index (χ3v) is 10.7. The first-order chi connectivity index (χ1) is 15.8. The summed E-state index contributed by atoms with van der Waals surface area (Å²) in [5.74, 6) is -1.47. The molecule has 0 aromatic heterocycles. The van der Waals surface area contributed by atoms with Crippen LogP contribution >= 0.6 is 0 Å². The van der Waals surface area contributed by atoms with Gasteiger partial charge < -0.3 is 9.47 Å². The number of hydrogen-bond donors (Lipinski definition) is 0. The van der Waals surface area contributed by atoms with Crippen molar-refractivity contribution >= 4 is 27.8 Å². The lowest BCUT2D eigenvalue weighted by Crippen LogP contribution is -2.63. The van der Waals surface area contributed by atoms with Crippen LogP contribution in [0.3, 0.4) is 0 Å². The Morgan fingerprint density at radius 2 is 1.88 bits per heavy atom. The van der Waals surface area contributed by atoms with Gasteiger partial charge in [-0.15, -0.1) is 0 Å². The number of carbonyl (C=O) groups is 3. The van der Waals surface area contributed by atoms with Crippen LogP contribution in [0.25, 0.3) is 0 Å². The minimum atomic E-state index is -3.80. The Morgan fingerprint density at radius 1 is 1.15 bits per heavy atom. The highest BCUT2D eigenvalue weighted by molar-refractivity contribution is 7.86. The molecule has 8 nitrogen and oxygen atoms in total. The van der Waals surface area contributed by atoms with Crippen LogP contribution in [-0.4, -0.2) is 51.2 Å². The van der Waals surface area contributed by atoms with Crippen molar-refractivity contribution < 1.29 is 36.5 Å². The SMILES string of the molecule is COC(=O)C1CC2=CC(=O)CCC2(C)C2C1C1CCC3(CCC(=O)O3)C1(C)C[C@H]2OS(C)(=O)=O. The number of ketones is 1. The van der Waals surface area contributed by atoms with Crippen molar-refractivity contribution in [3.63, 3.8) is 0 Å². The lowest BCUT2D eigenvalue weighted by molar-refractivity contribution is -0.193. The Bertz CT molecular complexity index is 1080. The molecular weight excluding hydrogens is 460 g/mol. The number of esters is 2. The third kappa shape index (κ3) is 3.33. The van der Waals surface area contributed by atoms with E-state index in [-0.39, 0.29) is 35.5 Å². The van der Waals surface area contributed by atoms with Crippen molar-refractivity contribution in [2.45, 2.75) is 76.9 Å². The van der Waals surface area contributed by atoms with E-state index in [1.807, 2.05) is 0 Å². The van der Waals surface area contributed by atoms with Gasteiger partial charge in [0.15, 0.2) is 5.78 Å². The Morgan fingerprint density at radius 3 is 2.50 bits per heavy atom. The summed E-state index contributed by atoms with van der Waals surface area (Å²) in [5.41, 5.74) is -0.753. The zero-order valence-electron chi connectivity index (χ0n) is 20.3. The van der Waals surface area contributed by atoms with E-state index < -0.39 is 38.6 Å². The fourth-order valence-corrected chi connectivity index (χ4v) is 9.26. The predicted octanol–water partition coefficient (Wildman–Crippen LogP) is 2.95. The highest BCUT2D eigenvalue weighted by Gasteiger charge is 2.71. The van der Waals surface area contributed by atoms with Crippen molar-refractivity contribution in [2.75, 3.05) is 13.4 Å². The minimum absolute atomic E-state index is 0.0356. The Balaban J connectivity index is 1.68. The van der Waals surface area contributed by atoms with Gasteiger partial charge in [0.05, 0.1) is 25.4 Å². The zero-order valence-corrected chi connectivity index (χ0v) is 21.1. The molecule has 5 aliphatic rings. The normalized spacial score (nSPS) is 45.8. The molecule has 4 aliphatic carbocycles. The van der Waals surface area contributed by atoms with Gasteiger partial charge in [-0.1, -0.05) is 19.4 Å².